The van der Waals surface area contributed by atoms with Gasteiger partial charge < -0.3 is 0 Å². The maximum Gasteiger partial charge on any atom is 0.0632 e. The van der Waals surface area contributed by atoms with Gasteiger partial charge in [0, 0.05) is 0 Å². The molecule has 0 N–H and O–H groups in total. The number of rotatable bonds is 2. The number of hydrogen-bond acceptors (Lipinski definition) is 0. The van der Waals surface area contributed by atoms with Gasteiger partial charge >= 0.3 is 0 Å². The van der Waals surface area contributed by atoms with Crippen molar-refractivity contribution < 1.29 is 8.22 Å². The third-order valence-electron chi connectivity index (χ3n) is 2.64. The first-order valence-corrected chi connectivity index (χ1v) is 5.64. The monoisotopic (exact) mass is 218 g/mol. The number of fused-ring (bicyclic) bond motifs is 1. The zero-order chi connectivity index (χ0) is 16.9. The van der Waals surface area contributed by atoms with Gasteiger partial charge in [-0.25, -0.2) is 0 Å². The molecule has 0 saturated heterocycles. The van der Waals surface area contributed by atoms with Crippen molar-refractivity contribution in [3.8, 4) is 0 Å². The number of hydrogen-bond donors (Lipinski definition) is 0. The Kier molecular flexibility index (Phi) is 1.57. The fraction of sp³-hybridized carbons (Fsp3) is 0.375. The molecule has 0 aliphatic carbocycles. The summed E-state index contributed by atoms with van der Waals surface area (Å²) in [5.41, 5.74) is 0.993. The topological polar surface area (TPSA) is 0 Å². The molecule has 0 saturated carbocycles. The van der Waals surface area contributed by atoms with E-state index in [0.717, 1.165) is 0 Å². The van der Waals surface area contributed by atoms with Gasteiger partial charge in [-0.3, -0.25) is 0 Å². The first kappa shape index (κ1) is 5.86. The van der Waals surface area contributed by atoms with Crippen LogP contribution in [0.25, 0.3) is 10.8 Å². The van der Waals surface area contributed by atoms with Crippen LogP contribution in [0.2, 0.25) is 0 Å². The summed E-state index contributed by atoms with van der Waals surface area (Å²) < 4.78 is 49.0. The van der Waals surface area contributed by atoms with E-state index in [0.29, 0.717) is 16.5 Å². The zero-order valence-electron chi connectivity index (χ0n) is 16.2. The van der Waals surface area contributed by atoms with Crippen LogP contribution in [0.3, 0.4) is 0 Å². The van der Waals surface area contributed by atoms with Crippen LogP contribution >= 0.6 is 0 Å². The fourth-order valence-electron chi connectivity index (χ4n) is 1.66. The van der Waals surface area contributed by atoms with Crippen molar-refractivity contribution in [3.05, 3.63) is 47.4 Å². The van der Waals surface area contributed by atoms with Crippen LogP contribution in [0, 0.1) is 0 Å². The molecule has 2 rings (SSSR count). The molecule has 0 amide bonds. The minimum absolute atomic E-state index is 0.0483. The van der Waals surface area contributed by atoms with E-state index in [-0.39, 0.29) is 53.5 Å². The van der Waals surface area contributed by atoms with Crippen LogP contribution in [0.15, 0.2) is 36.3 Å². The molecule has 0 heterocycles. The highest BCUT2D eigenvalue weighted by atomic mass is 14.1. The molecule has 0 spiro atoms. The third-order valence-corrected chi connectivity index (χ3v) is 2.64. The molecular formula is C16H20. The maximum absolute atomic E-state index is 8.47. The third kappa shape index (κ3) is 1.97. The Morgan fingerprint density at radius 2 is 1.69 bits per heavy atom. The lowest BCUT2D eigenvalue weighted by molar-refractivity contribution is 0.862. The molecule has 16 heavy (non-hydrogen) atoms. The van der Waals surface area contributed by atoms with Crippen LogP contribution in [0.4, 0.5) is 0 Å². The molecule has 0 radical (unpaired) electrons. The highest BCUT2D eigenvalue weighted by molar-refractivity contribution is 5.86. The van der Waals surface area contributed by atoms with E-state index in [4.69, 9.17) is 8.22 Å². The van der Waals surface area contributed by atoms with Gasteiger partial charge in [0.15, 0.2) is 0 Å². The highest BCUT2D eigenvalue weighted by Crippen LogP contribution is 2.28. The Hall–Kier alpha value is -1.30. The average Bonchev–Trinajstić information content (AvgIpc) is 2.41. The normalized spacial score (nSPS) is 16.9. The van der Waals surface area contributed by atoms with Crippen LogP contribution in [-0.4, -0.2) is 0 Å². The predicted octanol–water partition coefficient (Wildman–Crippen LogP) is 5.09. The van der Waals surface area contributed by atoms with E-state index in [9.17, 15) is 0 Å². The smallest absolute Gasteiger partial charge is 0.0613 e. The molecule has 84 valence electrons. The second-order valence-corrected chi connectivity index (χ2v) is 4.64. The van der Waals surface area contributed by atoms with Crippen molar-refractivity contribution in [3.63, 3.8) is 0 Å². The summed E-state index contributed by atoms with van der Waals surface area (Å²) in [6, 6.07) is -0.556. The van der Waals surface area contributed by atoms with Crippen molar-refractivity contribution >= 4 is 10.8 Å². The van der Waals surface area contributed by atoms with Gasteiger partial charge in [0.25, 0.3) is 0 Å². The molecule has 0 aromatic heterocycles. The average molecular weight is 218 g/mol. The van der Waals surface area contributed by atoms with Crippen molar-refractivity contribution in [1.82, 2.24) is 0 Å². The van der Waals surface area contributed by atoms with E-state index in [2.05, 4.69) is 0 Å². The van der Waals surface area contributed by atoms with Crippen LogP contribution in [0.1, 0.15) is 58.9 Å². The Bertz CT molecular complexity index is 762. The Labute approximate surface area is 107 Å². The highest BCUT2D eigenvalue weighted by Gasteiger charge is 2.06. The van der Waals surface area contributed by atoms with E-state index < -0.39 is 0 Å². The molecule has 2 aromatic carbocycles. The van der Waals surface area contributed by atoms with Gasteiger partial charge in [-0.1, -0.05) is 63.9 Å². The summed E-state index contributed by atoms with van der Waals surface area (Å²) in [6.45, 7) is 7.49. The van der Waals surface area contributed by atoms with Crippen LogP contribution < -0.4 is 0 Å². The molecule has 0 nitrogen and oxygen atoms in total. The SMILES string of the molecule is [2H]c1c([2H])c(C(C)C)c2c([2H])c(C(C)C)c([2H])c([2H])c2c1[2H]. The molecule has 0 heteroatoms. The van der Waals surface area contributed by atoms with E-state index in [1.54, 1.807) is 0 Å². The maximum atomic E-state index is 8.47. The molecule has 0 atom stereocenters. The van der Waals surface area contributed by atoms with Crippen molar-refractivity contribution in [1.29, 1.82) is 0 Å². The predicted molar refractivity (Wildman–Crippen MR) is 72.1 cm³/mol. The minimum Gasteiger partial charge on any atom is -0.0613 e. The van der Waals surface area contributed by atoms with Gasteiger partial charge in [-0.05, 0) is 33.7 Å². The second kappa shape index (κ2) is 4.29. The van der Waals surface area contributed by atoms with E-state index in [1.807, 2.05) is 27.7 Å². The Morgan fingerprint density at radius 1 is 0.938 bits per heavy atom. The molecule has 0 fully saturated rings. The number of benzene rings is 2. The molecule has 0 aliphatic rings. The quantitative estimate of drug-likeness (QED) is 0.659. The second-order valence-electron chi connectivity index (χ2n) is 4.64. The van der Waals surface area contributed by atoms with Crippen LogP contribution in [0.5, 0.6) is 0 Å². The zero-order valence-corrected chi connectivity index (χ0v) is 10.2. The van der Waals surface area contributed by atoms with Gasteiger partial charge in [0.05, 0.1) is 8.22 Å². The molecule has 2 aromatic rings. The molecule has 0 bridgehead atoms. The first-order valence-electron chi connectivity index (χ1n) is 8.64. The van der Waals surface area contributed by atoms with E-state index >= 15 is 0 Å². The summed E-state index contributed by atoms with van der Waals surface area (Å²) in [7, 11) is 0. The molecular weight excluding hydrogens is 192 g/mol. The summed E-state index contributed by atoms with van der Waals surface area (Å²) >= 11 is 0. The molecule has 0 unspecified atom stereocenters. The summed E-state index contributed by atoms with van der Waals surface area (Å²) in [4.78, 5) is 0. The largest absolute Gasteiger partial charge is 0.0632 e. The lowest BCUT2D eigenvalue weighted by Gasteiger charge is -2.12. The van der Waals surface area contributed by atoms with Crippen molar-refractivity contribution in [2.45, 2.75) is 39.5 Å². The van der Waals surface area contributed by atoms with Gasteiger partial charge in [0.1, 0.15) is 0 Å². The summed E-state index contributed by atoms with van der Waals surface area (Å²) in [5.74, 6) is -0.188. The van der Waals surface area contributed by atoms with Gasteiger partial charge in [-0.2, -0.15) is 0 Å². The minimum atomic E-state index is -0.235. The summed E-state index contributed by atoms with van der Waals surface area (Å²) in [5, 5.41) is 0.551. The standard InChI is InChI=1S/C16H20/c1-11(2)14-9-8-13-6-5-7-15(12(3)4)16(13)10-14/h5-12H,1-4H3/i5D,6D,7D,8D,9D,10D. The summed E-state index contributed by atoms with van der Waals surface area (Å²) in [6.07, 6.45) is 0. The Balaban J connectivity index is 3.21. The van der Waals surface area contributed by atoms with Crippen LogP contribution in [-0.2, 0) is 0 Å². The van der Waals surface area contributed by atoms with Gasteiger partial charge in [0.2, 0.25) is 0 Å². The van der Waals surface area contributed by atoms with Crippen molar-refractivity contribution in [2.24, 2.45) is 0 Å². The van der Waals surface area contributed by atoms with E-state index in [1.165, 1.54) is 0 Å². The van der Waals surface area contributed by atoms with Crippen molar-refractivity contribution in [2.75, 3.05) is 0 Å². The lowest BCUT2D eigenvalue weighted by Crippen LogP contribution is -1.92. The first-order chi connectivity index (χ1) is 10.1. The Morgan fingerprint density at radius 3 is 2.31 bits per heavy atom. The fourth-order valence-corrected chi connectivity index (χ4v) is 1.66. The van der Waals surface area contributed by atoms with Gasteiger partial charge in [-0.15, -0.1) is 0 Å². The molecule has 0 aliphatic heterocycles. The lowest BCUT2D eigenvalue weighted by atomic mass is 9.92.